The Morgan fingerprint density at radius 1 is 0.818 bits per heavy atom. The number of benzene rings is 2. The molecule has 0 aromatic heterocycles. The van der Waals surface area contributed by atoms with Gasteiger partial charge in [-0.2, -0.15) is 0 Å². The van der Waals surface area contributed by atoms with Crippen molar-refractivity contribution < 1.29 is 9.90 Å². The number of ketones is 1. The number of aliphatic hydroxyl groups is 1. The monoisotopic (exact) mass is 451 g/mol. The lowest BCUT2D eigenvalue weighted by Crippen LogP contribution is -2.33. The summed E-state index contributed by atoms with van der Waals surface area (Å²) in [5.41, 5.74) is 2.99. The van der Waals surface area contributed by atoms with Crippen molar-refractivity contribution in [3.05, 3.63) is 71.3 Å². The maximum absolute atomic E-state index is 12.5. The summed E-state index contributed by atoms with van der Waals surface area (Å²) >= 11 is 0. The Kier molecular flexibility index (Phi) is 13.7. The number of unbranched alkanes of at least 4 members (excludes halogenated alkanes) is 9. The molecule has 2 rings (SSSR count). The minimum absolute atomic E-state index is 0.108. The van der Waals surface area contributed by atoms with Gasteiger partial charge in [0.25, 0.3) is 0 Å². The fourth-order valence-corrected chi connectivity index (χ4v) is 4.28. The Bertz CT molecular complexity index is 757. The van der Waals surface area contributed by atoms with Crippen molar-refractivity contribution >= 4 is 5.78 Å². The van der Waals surface area contributed by atoms with Crippen LogP contribution in [-0.2, 0) is 6.42 Å². The average molecular weight is 452 g/mol. The molecule has 0 amide bonds. The van der Waals surface area contributed by atoms with Gasteiger partial charge in [0.1, 0.15) is 0 Å². The molecule has 0 aliphatic carbocycles. The maximum atomic E-state index is 12.5. The minimum atomic E-state index is -0.577. The summed E-state index contributed by atoms with van der Waals surface area (Å²) in [6.45, 7) is 4.78. The molecule has 3 nitrogen and oxygen atoms in total. The molecule has 0 spiro atoms. The number of carbonyl (C=O) groups is 1. The van der Waals surface area contributed by atoms with Crippen molar-refractivity contribution in [1.82, 2.24) is 5.32 Å². The normalized spacial score (nSPS) is 13.1. The summed E-state index contributed by atoms with van der Waals surface area (Å²) in [5.74, 6) is 0.148. The third kappa shape index (κ3) is 11.1. The molecule has 0 heterocycles. The van der Waals surface area contributed by atoms with E-state index in [1.165, 1.54) is 69.8 Å². The van der Waals surface area contributed by atoms with Crippen LogP contribution in [0.1, 0.15) is 112 Å². The Morgan fingerprint density at radius 3 is 2.00 bits per heavy atom. The van der Waals surface area contributed by atoms with E-state index in [2.05, 4.69) is 24.4 Å². The lowest BCUT2D eigenvalue weighted by molar-refractivity contribution is 0.0972. The quantitative estimate of drug-likeness (QED) is 0.183. The van der Waals surface area contributed by atoms with Crippen molar-refractivity contribution in [3.8, 4) is 0 Å². The van der Waals surface area contributed by atoms with Gasteiger partial charge in [-0.25, -0.2) is 0 Å². The van der Waals surface area contributed by atoms with Crippen LogP contribution in [0.3, 0.4) is 0 Å². The first kappa shape index (κ1) is 27.3. The molecule has 0 saturated heterocycles. The summed E-state index contributed by atoms with van der Waals surface area (Å²) in [5, 5.41) is 13.7. The van der Waals surface area contributed by atoms with Gasteiger partial charge >= 0.3 is 0 Å². The summed E-state index contributed by atoms with van der Waals surface area (Å²) in [6.07, 6.45) is 14.5. The molecule has 2 aromatic rings. The molecule has 2 aromatic carbocycles. The number of hydrogen-bond donors (Lipinski definition) is 2. The average Bonchev–Trinajstić information content (AvgIpc) is 2.85. The van der Waals surface area contributed by atoms with Crippen LogP contribution in [0.4, 0.5) is 0 Å². The SMILES string of the molecule is CCCCCCCCCCCCc1ccc(C(=O)CCNC(C)C(O)c2ccccc2)cc1. The highest BCUT2D eigenvalue weighted by molar-refractivity contribution is 5.96. The van der Waals surface area contributed by atoms with Crippen LogP contribution >= 0.6 is 0 Å². The molecule has 2 N–H and O–H groups in total. The van der Waals surface area contributed by atoms with E-state index in [9.17, 15) is 9.90 Å². The van der Waals surface area contributed by atoms with Gasteiger partial charge in [-0.05, 0) is 30.9 Å². The topological polar surface area (TPSA) is 49.3 Å². The van der Waals surface area contributed by atoms with Crippen LogP contribution in [-0.4, -0.2) is 23.5 Å². The van der Waals surface area contributed by atoms with E-state index < -0.39 is 6.10 Å². The van der Waals surface area contributed by atoms with E-state index in [0.29, 0.717) is 13.0 Å². The van der Waals surface area contributed by atoms with E-state index >= 15 is 0 Å². The highest BCUT2D eigenvalue weighted by atomic mass is 16.3. The molecular formula is C30H45NO2. The van der Waals surface area contributed by atoms with Crippen LogP contribution in [0.15, 0.2) is 54.6 Å². The van der Waals surface area contributed by atoms with Crippen molar-refractivity contribution in [2.75, 3.05) is 6.54 Å². The van der Waals surface area contributed by atoms with E-state index in [1.54, 1.807) is 0 Å². The second-order valence-corrected chi connectivity index (χ2v) is 9.40. The molecule has 182 valence electrons. The fraction of sp³-hybridized carbons (Fsp3) is 0.567. The number of carbonyl (C=O) groups excluding carboxylic acids is 1. The standard InChI is InChI=1S/C30H45NO2/c1-3-4-5-6-7-8-9-10-11-13-16-26-19-21-27(22-20-26)29(32)23-24-31-25(2)30(33)28-17-14-12-15-18-28/h12,14-15,17-22,25,30-31,33H,3-11,13,16,23-24H2,1-2H3. The van der Waals surface area contributed by atoms with Gasteiger partial charge in [-0.1, -0.05) is 119 Å². The summed E-state index contributed by atoms with van der Waals surface area (Å²) in [4.78, 5) is 12.5. The van der Waals surface area contributed by atoms with E-state index in [0.717, 1.165) is 17.5 Å². The lowest BCUT2D eigenvalue weighted by atomic mass is 10.0. The number of Topliss-reactive ketones (excluding diaryl/α,β-unsaturated/α-hetero) is 1. The van der Waals surface area contributed by atoms with E-state index in [1.807, 2.05) is 49.4 Å². The highest BCUT2D eigenvalue weighted by Gasteiger charge is 2.16. The molecule has 3 heteroatoms. The predicted molar refractivity (Wildman–Crippen MR) is 140 cm³/mol. The molecule has 33 heavy (non-hydrogen) atoms. The number of aliphatic hydroxyl groups excluding tert-OH is 1. The minimum Gasteiger partial charge on any atom is -0.387 e. The summed E-state index contributed by atoms with van der Waals surface area (Å²) in [7, 11) is 0. The summed E-state index contributed by atoms with van der Waals surface area (Å²) < 4.78 is 0. The predicted octanol–water partition coefficient (Wildman–Crippen LogP) is 7.43. The molecule has 0 aliphatic rings. The van der Waals surface area contributed by atoms with Crippen molar-refractivity contribution in [1.29, 1.82) is 0 Å². The Balaban J connectivity index is 1.57. The van der Waals surface area contributed by atoms with Crippen molar-refractivity contribution in [3.63, 3.8) is 0 Å². The second-order valence-electron chi connectivity index (χ2n) is 9.40. The molecule has 0 bridgehead atoms. The zero-order chi connectivity index (χ0) is 23.7. The first-order chi connectivity index (χ1) is 16.1. The van der Waals surface area contributed by atoms with E-state index in [-0.39, 0.29) is 11.8 Å². The number of hydrogen-bond acceptors (Lipinski definition) is 3. The van der Waals surface area contributed by atoms with Gasteiger partial charge in [0.2, 0.25) is 0 Å². The third-order valence-electron chi connectivity index (χ3n) is 6.53. The van der Waals surface area contributed by atoms with Crippen LogP contribution < -0.4 is 5.32 Å². The molecule has 0 fully saturated rings. The smallest absolute Gasteiger partial charge is 0.164 e. The third-order valence-corrected chi connectivity index (χ3v) is 6.53. The highest BCUT2D eigenvalue weighted by Crippen LogP contribution is 2.16. The zero-order valence-corrected chi connectivity index (χ0v) is 20.9. The van der Waals surface area contributed by atoms with Gasteiger partial charge < -0.3 is 10.4 Å². The second kappa shape index (κ2) is 16.6. The van der Waals surface area contributed by atoms with Crippen LogP contribution in [0.2, 0.25) is 0 Å². The number of rotatable bonds is 18. The summed E-state index contributed by atoms with van der Waals surface area (Å²) in [6, 6.07) is 17.7. The molecule has 0 saturated carbocycles. The Labute approximate surface area is 202 Å². The fourth-order valence-electron chi connectivity index (χ4n) is 4.28. The van der Waals surface area contributed by atoms with Gasteiger partial charge in [0.15, 0.2) is 5.78 Å². The van der Waals surface area contributed by atoms with Gasteiger partial charge in [0, 0.05) is 24.6 Å². The van der Waals surface area contributed by atoms with Gasteiger partial charge in [-0.3, -0.25) is 4.79 Å². The Hall–Kier alpha value is -1.97. The van der Waals surface area contributed by atoms with Crippen LogP contribution in [0.5, 0.6) is 0 Å². The van der Waals surface area contributed by atoms with Gasteiger partial charge in [-0.15, -0.1) is 0 Å². The van der Waals surface area contributed by atoms with Gasteiger partial charge in [0.05, 0.1) is 6.10 Å². The van der Waals surface area contributed by atoms with Crippen LogP contribution in [0.25, 0.3) is 0 Å². The van der Waals surface area contributed by atoms with Crippen molar-refractivity contribution in [2.45, 2.75) is 103 Å². The molecule has 2 unspecified atom stereocenters. The Morgan fingerprint density at radius 2 is 1.39 bits per heavy atom. The largest absolute Gasteiger partial charge is 0.387 e. The van der Waals surface area contributed by atoms with Crippen LogP contribution in [0, 0.1) is 0 Å². The molecule has 0 radical (unpaired) electrons. The van der Waals surface area contributed by atoms with E-state index in [4.69, 9.17) is 0 Å². The number of nitrogens with one attached hydrogen (secondary N) is 1. The first-order valence-corrected chi connectivity index (χ1v) is 13.2. The molecular weight excluding hydrogens is 406 g/mol. The lowest BCUT2D eigenvalue weighted by Gasteiger charge is -2.20. The van der Waals surface area contributed by atoms with Crippen molar-refractivity contribution in [2.24, 2.45) is 0 Å². The first-order valence-electron chi connectivity index (χ1n) is 13.2. The molecule has 2 atom stereocenters. The number of aryl methyl sites for hydroxylation is 1. The molecule has 0 aliphatic heterocycles. The maximum Gasteiger partial charge on any atom is 0.164 e. The zero-order valence-electron chi connectivity index (χ0n) is 20.9.